The minimum absolute atomic E-state index is 0.00477. The van der Waals surface area contributed by atoms with Crippen LogP contribution in [0.15, 0.2) is 18.2 Å². The monoisotopic (exact) mass is 275 g/mol. The Morgan fingerprint density at radius 2 is 1.84 bits per heavy atom. The summed E-state index contributed by atoms with van der Waals surface area (Å²) >= 11 is 0. The fraction of sp³-hybridized carbons (Fsp3) is 0.417. The number of halogens is 3. The predicted octanol–water partition coefficient (Wildman–Crippen LogP) is 1.01. The number of fused-ring (bicyclic) bond motifs is 1. The van der Waals surface area contributed by atoms with Gasteiger partial charge in [-0.3, -0.25) is 4.79 Å². The number of nitrogens with one attached hydrogen (secondary N) is 1. The Hall–Kier alpha value is -1.60. The van der Waals surface area contributed by atoms with E-state index in [1.165, 1.54) is 12.1 Å². The van der Waals surface area contributed by atoms with Crippen LogP contribution in [-0.2, 0) is 17.6 Å². The molecular weight excluding hydrogens is 263 g/mol. The van der Waals surface area contributed by atoms with Crippen LogP contribution in [0.3, 0.4) is 0 Å². The summed E-state index contributed by atoms with van der Waals surface area (Å²) in [7, 11) is 0. The lowest BCUT2D eigenvalue weighted by Gasteiger charge is -2.27. The van der Waals surface area contributed by atoms with Gasteiger partial charge in [-0.25, -0.2) is 0 Å². The van der Waals surface area contributed by atoms with E-state index < -0.39 is 24.3 Å². The minimum atomic E-state index is -4.96. The normalized spacial score (nSPS) is 22.8. The number of anilines is 1. The molecule has 7 heteroatoms. The molecule has 0 spiro atoms. The quantitative estimate of drug-likeness (QED) is 0.716. The third-order valence-corrected chi connectivity index (χ3v) is 3.07. The van der Waals surface area contributed by atoms with Gasteiger partial charge >= 0.3 is 12.1 Å². The van der Waals surface area contributed by atoms with Crippen molar-refractivity contribution in [3.8, 4) is 0 Å². The SMILES string of the molecule is O=C(Nc1cccc2c1C[C@@H](O)[C@@H](O)C2)C(F)(F)F. The first-order valence-corrected chi connectivity index (χ1v) is 5.64. The lowest BCUT2D eigenvalue weighted by atomic mass is 9.86. The third kappa shape index (κ3) is 2.87. The molecule has 1 aromatic carbocycles. The Kier molecular flexibility index (Phi) is 3.51. The van der Waals surface area contributed by atoms with E-state index in [1.54, 1.807) is 11.4 Å². The second-order valence-electron chi connectivity index (χ2n) is 4.44. The van der Waals surface area contributed by atoms with Gasteiger partial charge in [-0.05, 0) is 17.2 Å². The summed E-state index contributed by atoms with van der Waals surface area (Å²) in [6.45, 7) is 0. The zero-order chi connectivity index (χ0) is 14.2. The van der Waals surface area contributed by atoms with E-state index in [-0.39, 0.29) is 18.5 Å². The summed E-state index contributed by atoms with van der Waals surface area (Å²) in [4.78, 5) is 10.9. The maximum atomic E-state index is 12.2. The summed E-state index contributed by atoms with van der Waals surface area (Å²) in [6.07, 6.45) is -6.80. The molecule has 0 fully saturated rings. The smallest absolute Gasteiger partial charge is 0.390 e. The van der Waals surface area contributed by atoms with Crippen molar-refractivity contribution in [2.75, 3.05) is 5.32 Å². The number of alkyl halides is 3. The number of benzene rings is 1. The summed E-state index contributed by atoms with van der Waals surface area (Å²) in [5, 5.41) is 20.9. The Bertz CT molecular complexity index is 501. The van der Waals surface area contributed by atoms with Crippen molar-refractivity contribution in [1.29, 1.82) is 0 Å². The van der Waals surface area contributed by atoms with Gasteiger partial charge in [0.05, 0.1) is 12.2 Å². The highest BCUT2D eigenvalue weighted by atomic mass is 19.4. The van der Waals surface area contributed by atoms with Gasteiger partial charge in [-0.15, -0.1) is 0 Å². The van der Waals surface area contributed by atoms with E-state index >= 15 is 0 Å². The van der Waals surface area contributed by atoms with Crippen LogP contribution in [0.4, 0.5) is 18.9 Å². The van der Waals surface area contributed by atoms with Crippen LogP contribution < -0.4 is 5.32 Å². The number of carbonyl (C=O) groups is 1. The molecule has 0 saturated heterocycles. The van der Waals surface area contributed by atoms with E-state index in [0.29, 0.717) is 11.1 Å². The molecule has 0 heterocycles. The van der Waals surface area contributed by atoms with Gasteiger partial charge in [0.15, 0.2) is 0 Å². The number of aliphatic hydroxyl groups excluding tert-OH is 2. The highest BCUT2D eigenvalue weighted by Crippen LogP contribution is 2.29. The van der Waals surface area contributed by atoms with E-state index in [1.807, 2.05) is 0 Å². The maximum absolute atomic E-state index is 12.2. The topological polar surface area (TPSA) is 69.6 Å². The predicted molar refractivity (Wildman–Crippen MR) is 60.5 cm³/mol. The molecule has 4 nitrogen and oxygen atoms in total. The molecule has 1 aliphatic carbocycles. The Morgan fingerprint density at radius 3 is 2.47 bits per heavy atom. The minimum Gasteiger partial charge on any atom is -0.390 e. The first-order valence-electron chi connectivity index (χ1n) is 5.64. The summed E-state index contributed by atoms with van der Waals surface area (Å²) < 4.78 is 36.6. The lowest BCUT2D eigenvalue weighted by Crippen LogP contribution is -2.36. The molecule has 2 atom stereocenters. The fourth-order valence-corrected chi connectivity index (χ4v) is 2.08. The molecule has 0 saturated carbocycles. The van der Waals surface area contributed by atoms with Crippen molar-refractivity contribution < 1.29 is 28.2 Å². The number of hydrogen-bond acceptors (Lipinski definition) is 3. The summed E-state index contributed by atoms with van der Waals surface area (Å²) in [5.74, 6) is -2.05. The van der Waals surface area contributed by atoms with E-state index in [9.17, 15) is 28.2 Å². The number of rotatable bonds is 1. The largest absolute Gasteiger partial charge is 0.471 e. The van der Waals surface area contributed by atoms with E-state index in [2.05, 4.69) is 0 Å². The number of carbonyl (C=O) groups excluding carboxylic acids is 1. The zero-order valence-corrected chi connectivity index (χ0v) is 9.74. The van der Waals surface area contributed by atoms with E-state index in [4.69, 9.17) is 0 Å². The first-order chi connectivity index (χ1) is 8.79. The van der Waals surface area contributed by atoms with Crippen molar-refractivity contribution in [2.45, 2.75) is 31.2 Å². The average molecular weight is 275 g/mol. The molecule has 0 aliphatic heterocycles. The van der Waals surface area contributed by atoms with Crippen LogP contribution >= 0.6 is 0 Å². The van der Waals surface area contributed by atoms with Gasteiger partial charge < -0.3 is 15.5 Å². The van der Waals surface area contributed by atoms with Crippen molar-refractivity contribution in [2.24, 2.45) is 0 Å². The van der Waals surface area contributed by atoms with Gasteiger partial charge in [-0.2, -0.15) is 13.2 Å². The van der Waals surface area contributed by atoms with Gasteiger partial charge in [0.1, 0.15) is 0 Å². The van der Waals surface area contributed by atoms with Gasteiger partial charge in [0.2, 0.25) is 0 Å². The van der Waals surface area contributed by atoms with Gasteiger partial charge in [0, 0.05) is 18.5 Å². The van der Waals surface area contributed by atoms with Crippen molar-refractivity contribution in [3.63, 3.8) is 0 Å². The molecule has 0 unspecified atom stereocenters. The molecule has 104 valence electrons. The molecule has 0 radical (unpaired) electrons. The highest BCUT2D eigenvalue weighted by molar-refractivity contribution is 5.95. The number of amides is 1. The molecule has 3 N–H and O–H groups in total. The van der Waals surface area contributed by atoms with Crippen LogP contribution in [0.1, 0.15) is 11.1 Å². The average Bonchev–Trinajstić information content (AvgIpc) is 2.30. The highest BCUT2D eigenvalue weighted by Gasteiger charge is 2.39. The first kappa shape index (κ1) is 13.8. The molecule has 1 amide bonds. The Balaban J connectivity index is 2.29. The van der Waals surface area contributed by atoms with Crippen LogP contribution in [-0.4, -0.2) is 34.5 Å². The standard InChI is InChI=1S/C12H12F3NO3/c13-12(14,15)11(19)16-8-3-1-2-6-4-9(17)10(18)5-7(6)8/h1-3,9-10,17-18H,4-5H2,(H,16,19)/t9-,10+/m0/s1. The second kappa shape index (κ2) is 4.82. The van der Waals surface area contributed by atoms with E-state index in [0.717, 1.165) is 0 Å². The van der Waals surface area contributed by atoms with Crippen LogP contribution in [0.2, 0.25) is 0 Å². The second-order valence-corrected chi connectivity index (χ2v) is 4.44. The Morgan fingerprint density at radius 1 is 1.21 bits per heavy atom. The van der Waals surface area contributed by atoms with Gasteiger partial charge in [0.25, 0.3) is 0 Å². The Labute approximate surface area is 106 Å². The molecular formula is C12H12F3NO3. The van der Waals surface area contributed by atoms with Crippen LogP contribution in [0.25, 0.3) is 0 Å². The van der Waals surface area contributed by atoms with Crippen molar-refractivity contribution in [3.05, 3.63) is 29.3 Å². The molecule has 19 heavy (non-hydrogen) atoms. The number of hydrogen-bond donors (Lipinski definition) is 3. The molecule has 0 aromatic heterocycles. The fourth-order valence-electron chi connectivity index (χ4n) is 2.08. The maximum Gasteiger partial charge on any atom is 0.471 e. The third-order valence-electron chi connectivity index (χ3n) is 3.07. The van der Waals surface area contributed by atoms with Crippen LogP contribution in [0.5, 0.6) is 0 Å². The molecule has 2 rings (SSSR count). The number of aliphatic hydroxyl groups is 2. The van der Waals surface area contributed by atoms with Crippen LogP contribution in [0, 0.1) is 0 Å². The van der Waals surface area contributed by atoms with Crippen molar-refractivity contribution >= 4 is 11.6 Å². The summed E-state index contributed by atoms with van der Waals surface area (Å²) in [5.41, 5.74) is 1.07. The van der Waals surface area contributed by atoms with Crippen molar-refractivity contribution in [1.82, 2.24) is 0 Å². The molecule has 0 bridgehead atoms. The molecule has 1 aliphatic rings. The zero-order valence-electron chi connectivity index (χ0n) is 9.74. The van der Waals surface area contributed by atoms with Gasteiger partial charge in [-0.1, -0.05) is 12.1 Å². The summed E-state index contributed by atoms with van der Waals surface area (Å²) in [6, 6.07) is 4.48. The molecule has 1 aromatic rings. The lowest BCUT2D eigenvalue weighted by molar-refractivity contribution is -0.167.